The highest BCUT2D eigenvalue weighted by atomic mass is 16.5. The second-order valence-corrected chi connectivity index (χ2v) is 7.44. The van der Waals surface area contributed by atoms with Crippen molar-refractivity contribution >= 4 is 0 Å². The zero-order valence-corrected chi connectivity index (χ0v) is 16.5. The Balaban J connectivity index is 2.01. The number of hydrogen-bond donors (Lipinski definition) is 0. The number of hydrogen-bond acceptors (Lipinski definition) is 3. The van der Waals surface area contributed by atoms with E-state index in [0.717, 1.165) is 18.0 Å². The normalized spacial score (nSPS) is 23.5. The molecule has 2 aromatic rings. The van der Waals surface area contributed by atoms with Gasteiger partial charge in [0.05, 0.1) is 14.2 Å². The summed E-state index contributed by atoms with van der Waals surface area (Å²) in [7, 11) is 3.46. The third-order valence-corrected chi connectivity index (χ3v) is 6.29. The lowest BCUT2D eigenvalue weighted by Gasteiger charge is -2.37. The van der Waals surface area contributed by atoms with E-state index in [4.69, 9.17) is 9.47 Å². The quantitative estimate of drug-likeness (QED) is 0.689. The molecule has 2 aliphatic rings. The van der Waals surface area contributed by atoms with Gasteiger partial charge in [-0.25, -0.2) is 0 Å². The minimum Gasteiger partial charge on any atom is -0.493 e. The summed E-state index contributed by atoms with van der Waals surface area (Å²) in [5.74, 6) is 2.11. The fourth-order valence-corrected chi connectivity index (χ4v) is 5.28. The van der Waals surface area contributed by atoms with Gasteiger partial charge < -0.3 is 9.47 Å². The van der Waals surface area contributed by atoms with Crippen molar-refractivity contribution in [1.82, 2.24) is 4.90 Å². The van der Waals surface area contributed by atoms with E-state index in [2.05, 4.69) is 56.0 Å². The van der Waals surface area contributed by atoms with Crippen LogP contribution in [0, 0.1) is 0 Å². The molecule has 0 saturated heterocycles. The fraction of sp³-hybridized carbons (Fsp3) is 0.478. The molecule has 2 aromatic carbocycles. The third kappa shape index (κ3) is 2.23. The van der Waals surface area contributed by atoms with Crippen LogP contribution in [0.5, 0.6) is 11.5 Å². The number of nitrogens with zero attached hydrogens (tertiary/aromatic N) is 1. The van der Waals surface area contributed by atoms with Gasteiger partial charge in [-0.05, 0) is 41.3 Å². The maximum Gasteiger partial charge on any atom is 0.168 e. The van der Waals surface area contributed by atoms with Crippen LogP contribution in [0.3, 0.4) is 0 Å². The van der Waals surface area contributed by atoms with E-state index in [1.165, 1.54) is 40.7 Å². The van der Waals surface area contributed by atoms with E-state index in [0.29, 0.717) is 18.0 Å². The molecule has 3 atom stereocenters. The number of methoxy groups -OCH3 is 2. The van der Waals surface area contributed by atoms with Crippen LogP contribution in [0.15, 0.2) is 30.3 Å². The Kier molecular flexibility index (Phi) is 4.44. The Hall–Kier alpha value is -2.00. The summed E-state index contributed by atoms with van der Waals surface area (Å²) in [6.45, 7) is 8.03. The van der Waals surface area contributed by atoms with Crippen molar-refractivity contribution in [2.24, 2.45) is 0 Å². The van der Waals surface area contributed by atoms with Crippen LogP contribution in [0.1, 0.15) is 68.3 Å². The molecular formula is C23H29NO2. The molecule has 138 valence electrons. The summed E-state index contributed by atoms with van der Waals surface area (Å²) in [6, 6.07) is 12.1. The molecule has 0 saturated carbocycles. The molecule has 1 unspecified atom stereocenters. The van der Waals surface area contributed by atoms with Crippen LogP contribution >= 0.6 is 0 Å². The predicted molar refractivity (Wildman–Crippen MR) is 106 cm³/mol. The zero-order valence-electron chi connectivity index (χ0n) is 16.5. The van der Waals surface area contributed by atoms with Crippen LogP contribution in [0.2, 0.25) is 0 Å². The average molecular weight is 351 g/mol. The third-order valence-electron chi connectivity index (χ3n) is 6.29. The predicted octanol–water partition coefficient (Wildman–Crippen LogP) is 5.71. The van der Waals surface area contributed by atoms with Crippen LogP contribution < -0.4 is 9.47 Å². The number of rotatable bonds is 5. The lowest BCUT2D eigenvalue weighted by molar-refractivity contribution is 0.144. The van der Waals surface area contributed by atoms with Gasteiger partial charge in [-0.3, -0.25) is 4.90 Å². The second kappa shape index (κ2) is 6.62. The highest BCUT2D eigenvalue weighted by molar-refractivity contribution is 5.84. The van der Waals surface area contributed by atoms with Crippen molar-refractivity contribution in [3.63, 3.8) is 0 Å². The van der Waals surface area contributed by atoms with E-state index in [1.54, 1.807) is 14.2 Å². The Morgan fingerprint density at radius 2 is 1.81 bits per heavy atom. The van der Waals surface area contributed by atoms with Crippen molar-refractivity contribution in [3.8, 4) is 22.6 Å². The van der Waals surface area contributed by atoms with Crippen LogP contribution in [-0.4, -0.2) is 25.7 Å². The second-order valence-electron chi connectivity index (χ2n) is 7.44. The molecule has 0 radical (unpaired) electrons. The number of ether oxygens (including phenoxy) is 2. The number of likely N-dealkylation sites (N-methyl/N-ethyl adjacent to an activating group) is 1. The van der Waals surface area contributed by atoms with Crippen molar-refractivity contribution in [2.75, 3.05) is 20.8 Å². The molecule has 1 aliphatic carbocycles. The maximum absolute atomic E-state index is 5.82. The first-order valence-electron chi connectivity index (χ1n) is 9.81. The molecule has 26 heavy (non-hydrogen) atoms. The standard InChI is InChI=1S/C23H29NO2/c1-6-9-18-16-10-8-11-17-20(16)22(24(18)7-2)14(3)15-12-13-19(25-4)23(26-5)21(15)17/h8,10-14,18,22H,6-7,9H2,1-5H3/t14?,18-,22+/m1/s1. The first-order chi connectivity index (χ1) is 12.7. The smallest absolute Gasteiger partial charge is 0.168 e. The largest absolute Gasteiger partial charge is 0.493 e. The minimum absolute atomic E-state index is 0.431. The molecule has 1 aliphatic heterocycles. The van der Waals surface area contributed by atoms with Gasteiger partial charge in [0.2, 0.25) is 0 Å². The van der Waals surface area contributed by atoms with Crippen LogP contribution in [0.25, 0.3) is 11.1 Å². The van der Waals surface area contributed by atoms with E-state index in [-0.39, 0.29) is 0 Å². The number of fused-ring (bicyclic) bond motifs is 2. The van der Waals surface area contributed by atoms with Crippen molar-refractivity contribution in [2.45, 2.75) is 51.6 Å². The Bertz CT molecular complexity index is 829. The summed E-state index contributed by atoms with van der Waals surface area (Å²) in [4.78, 5) is 2.71. The molecule has 0 fully saturated rings. The van der Waals surface area contributed by atoms with Gasteiger partial charge in [0.1, 0.15) is 0 Å². The molecule has 0 aromatic heterocycles. The molecule has 0 bridgehead atoms. The van der Waals surface area contributed by atoms with Gasteiger partial charge in [0.25, 0.3) is 0 Å². The summed E-state index contributed by atoms with van der Waals surface area (Å²) in [5.41, 5.74) is 6.94. The average Bonchev–Trinajstić information content (AvgIpc) is 2.99. The molecule has 3 nitrogen and oxygen atoms in total. The minimum atomic E-state index is 0.431. The van der Waals surface area contributed by atoms with Gasteiger partial charge in [0, 0.05) is 23.6 Å². The lowest BCUT2D eigenvalue weighted by Crippen LogP contribution is -2.30. The van der Waals surface area contributed by atoms with Crippen molar-refractivity contribution in [1.29, 1.82) is 0 Å². The van der Waals surface area contributed by atoms with Gasteiger partial charge in [0.15, 0.2) is 11.5 Å². The maximum atomic E-state index is 5.82. The van der Waals surface area contributed by atoms with Gasteiger partial charge in [-0.2, -0.15) is 0 Å². The lowest BCUT2D eigenvalue weighted by atomic mass is 9.75. The topological polar surface area (TPSA) is 21.7 Å². The van der Waals surface area contributed by atoms with Gasteiger partial charge in [-0.15, -0.1) is 0 Å². The zero-order chi connectivity index (χ0) is 18.4. The molecule has 1 heterocycles. The highest BCUT2D eigenvalue weighted by Crippen LogP contribution is 2.59. The SMILES string of the molecule is CCC[C@@H]1c2cccc3c2[C@H](C(C)c2ccc(OC)c(OC)c2-3)N1CC. The summed E-state index contributed by atoms with van der Waals surface area (Å²) < 4.78 is 11.4. The first-order valence-corrected chi connectivity index (χ1v) is 9.81. The fourth-order valence-electron chi connectivity index (χ4n) is 5.28. The first kappa shape index (κ1) is 17.4. The van der Waals surface area contributed by atoms with Crippen molar-refractivity contribution < 1.29 is 9.47 Å². The van der Waals surface area contributed by atoms with Crippen LogP contribution in [0.4, 0.5) is 0 Å². The molecule has 4 rings (SSSR count). The summed E-state index contributed by atoms with van der Waals surface area (Å²) in [5, 5.41) is 0. The summed E-state index contributed by atoms with van der Waals surface area (Å²) >= 11 is 0. The molecule has 3 heteroatoms. The van der Waals surface area contributed by atoms with Crippen LogP contribution in [-0.2, 0) is 0 Å². The van der Waals surface area contributed by atoms with Crippen molar-refractivity contribution in [3.05, 3.63) is 47.0 Å². The highest BCUT2D eigenvalue weighted by Gasteiger charge is 2.45. The van der Waals surface area contributed by atoms with Gasteiger partial charge in [-0.1, -0.05) is 51.5 Å². The monoisotopic (exact) mass is 351 g/mol. The Morgan fingerprint density at radius 3 is 2.46 bits per heavy atom. The Morgan fingerprint density at radius 1 is 1.00 bits per heavy atom. The molecular weight excluding hydrogens is 322 g/mol. The molecule has 0 amide bonds. The number of benzene rings is 2. The van der Waals surface area contributed by atoms with E-state index >= 15 is 0 Å². The van der Waals surface area contributed by atoms with Gasteiger partial charge >= 0.3 is 0 Å². The van der Waals surface area contributed by atoms with E-state index in [9.17, 15) is 0 Å². The summed E-state index contributed by atoms with van der Waals surface area (Å²) in [6.07, 6.45) is 2.42. The molecule has 0 N–H and O–H groups in total. The van der Waals surface area contributed by atoms with E-state index in [1.807, 2.05) is 0 Å². The Labute approximate surface area is 156 Å². The molecule has 0 spiro atoms. The van der Waals surface area contributed by atoms with E-state index < -0.39 is 0 Å².